The zero-order valence-corrected chi connectivity index (χ0v) is 11.7. The van der Waals surface area contributed by atoms with E-state index in [0.29, 0.717) is 4.47 Å². The zero-order valence-electron chi connectivity index (χ0n) is 10.1. The summed E-state index contributed by atoms with van der Waals surface area (Å²) in [6.45, 7) is -0.0503. The lowest BCUT2D eigenvalue weighted by atomic mass is 9.84. The number of alkyl halides is 1. The number of amidine groups is 1. The number of halogens is 3. The summed E-state index contributed by atoms with van der Waals surface area (Å²) in [6, 6.07) is 4.44. The highest BCUT2D eigenvalue weighted by Crippen LogP contribution is 2.53. The molecule has 1 heterocycles. The van der Waals surface area contributed by atoms with Crippen LogP contribution in [0.4, 0.5) is 8.78 Å². The van der Waals surface area contributed by atoms with Crippen LogP contribution in [0.1, 0.15) is 18.4 Å². The Morgan fingerprint density at radius 1 is 1.42 bits per heavy atom. The lowest BCUT2D eigenvalue weighted by Crippen LogP contribution is -2.47. The van der Waals surface area contributed by atoms with Gasteiger partial charge in [-0.25, -0.2) is 8.78 Å². The second-order valence-electron chi connectivity index (χ2n) is 4.95. The smallest absolute Gasteiger partial charge is 0.229 e. The van der Waals surface area contributed by atoms with E-state index in [2.05, 4.69) is 20.9 Å². The highest BCUT2D eigenvalue weighted by atomic mass is 79.9. The normalized spacial score (nSPS) is 31.1. The van der Waals surface area contributed by atoms with Crippen LogP contribution in [-0.2, 0) is 10.3 Å². The summed E-state index contributed by atoms with van der Waals surface area (Å²) in [7, 11) is 0. The van der Waals surface area contributed by atoms with Gasteiger partial charge in [-0.1, -0.05) is 15.9 Å². The van der Waals surface area contributed by atoms with Gasteiger partial charge >= 0.3 is 0 Å². The summed E-state index contributed by atoms with van der Waals surface area (Å²) in [5.41, 5.74) is 4.56. The molecule has 6 heteroatoms. The fraction of sp³-hybridized carbons (Fsp3) is 0.462. The van der Waals surface area contributed by atoms with Crippen LogP contribution >= 0.6 is 15.9 Å². The standard InChI is InChI=1S/C13H13BrF2N2O/c14-8-3-4-10(15)9(5-8)13(7-1-2-7)12(16)19-6-11(17)18-13/h3-5,7,12H,1-2,6H2,(H2,17,18). The van der Waals surface area contributed by atoms with Crippen LogP contribution in [-0.4, -0.2) is 18.8 Å². The molecule has 0 spiro atoms. The number of ether oxygens (including phenoxy) is 1. The first kappa shape index (κ1) is 13.0. The molecule has 2 atom stereocenters. The van der Waals surface area contributed by atoms with Gasteiger partial charge in [0.2, 0.25) is 6.36 Å². The highest BCUT2D eigenvalue weighted by molar-refractivity contribution is 9.10. The van der Waals surface area contributed by atoms with Gasteiger partial charge in [0.05, 0.1) is 0 Å². The first-order valence-corrected chi connectivity index (χ1v) is 6.88. The molecular formula is C13H13BrF2N2O. The first-order chi connectivity index (χ1) is 9.04. The van der Waals surface area contributed by atoms with Crippen molar-refractivity contribution in [2.24, 2.45) is 16.6 Å². The van der Waals surface area contributed by atoms with Gasteiger partial charge in [0.25, 0.3) is 0 Å². The lowest BCUT2D eigenvalue weighted by Gasteiger charge is -2.37. The predicted octanol–water partition coefficient (Wildman–Crippen LogP) is 2.88. The quantitative estimate of drug-likeness (QED) is 0.906. The van der Waals surface area contributed by atoms with E-state index in [9.17, 15) is 8.78 Å². The Balaban J connectivity index is 2.20. The second kappa shape index (κ2) is 4.52. The summed E-state index contributed by atoms with van der Waals surface area (Å²) >= 11 is 3.28. The van der Waals surface area contributed by atoms with Crippen molar-refractivity contribution in [1.82, 2.24) is 0 Å². The first-order valence-electron chi connectivity index (χ1n) is 6.09. The van der Waals surface area contributed by atoms with Crippen LogP contribution in [0, 0.1) is 11.7 Å². The molecule has 1 fully saturated rings. The highest BCUT2D eigenvalue weighted by Gasteiger charge is 2.56. The minimum atomic E-state index is -1.67. The van der Waals surface area contributed by atoms with Crippen molar-refractivity contribution in [1.29, 1.82) is 0 Å². The minimum absolute atomic E-state index is 0.0503. The van der Waals surface area contributed by atoms with Gasteiger partial charge in [0, 0.05) is 10.0 Å². The van der Waals surface area contributed by atoms with Crippen molar-refractivity contribution < 1.29 is 13.5 Å². The van der Waals surface area contributed by atoms with Gasteiger partial charge < -0.3 is 10.5 Å². The van der Waals surface area contributed by atoms with E-state index in [0.717, 1.165) is 12.8 Å². The molecule has 1 aliphatic carbocycles. The number of benzene rings is 1. The van der Waals surface area contributed by atoms with E-state index >= 15 is 0 Å². The van der Waals surface area contributed by atoms with Crippen LogP contribution in [0.15, 0.2) is 27.7 Å². The van der Waals surface area contributed by atoms with Crippen molar-refractivity contribution in [3.8, 4) is 0 Å². The molecule has 3 rings (SSSR count). The molecule has 1 saturated carbocycles. The minimum Gasteiger partial charge on any atom is -0.385 e. The molecule has 19 heavy (non-hydrogen) atoms. The topological polar surface area (TPSA) is 47.6 Å². The van der Waals surface area contributed by atoms with E-state index in [1.54, 1.807) is 12.1 Å². The summed E-state index contributed by atoms with van der Waals surface area (Å²) in [6.07, 6.45) is -0.0740. The third-order valence-corrected chi connectivity index (χ3v) is 4.11. The summed E-state index contributed by atoms with van der Waals surface area (Å²) < 4.78 is 34.3. The molecule has 0 bridgehead atoms. The second-order valence-corrected chi connectivity index (χ2v) is 5.87. The van der Waals surface area contributed by atoms with Crippen molar-refractivity contribution >= 4 is 21.8 Å². The maximum atomic E-state index is 14.4. The van der Waals surface area contributed by atoms with Crippen molar-refractivity contribution in [3.05, 3.63) is 34.1 Å². The average Bonchev–Trinajstić information content (AvgIpc) is 3.20. The molecule has 2 N–H and O–H groups in total. The summed E-state index contributed by atoms with van der Waals surface area (Å²) in [5, 5.41) is 0. The Bertz CT molecular complexity index is 547. The molecule has 0 aromatic heterocycles. The average molecular weight is 331 g/mol. The molecule has 2 unspecified atom stereocenters. The molecular weight excluding hydrogens is 318 g/mol. The number of nitrogens with two attached hydrogens (primary N) is 1. The number of rotatable bonds is 2. The van der Waals surface area contributed by atoms with E-state index in [1.807, 2.05) is 0 Å². The Morgan fingerprint density at radius 3 is 2.84 bits per heavy atom. The predicted molar refractivity (Wildman–Crippen MR) is 71.0 cm³/mol. The van der Waals surface area contributed by atoms with Gasteiger partial charge in [-0.05, 0) is 37.0 Å². The molecule has 1 aromatic carbocycles. The number of hydrogen-bond acceptors (Lipinski definition) is 3. The summed E-state index contributed by atoms with van der Waals surface area (Å²) in [5.74, 6) is -0.342. The van der Waals surface area contributed by atoms with Crippen LogP contribution < -0.4 is 5.73 Å². The number of nitrogens with zero attached hydrogens (tertiary/aromatic N) is 1. The third kappa shape index (κ3) is 2.07. The van der Waals surface area contributed by atoms with Crippen molar-refractivity contribution in [3.63, 3.8) is 0 Å². The van der Waals surface area contributed by atoms with Gasteiger partial charge in [-0.2, -0.15) is 0 Å². The van der Waals surface area contributed by atoms with Crippen molar-refractivity contribution in [2.45, 2.75) is 24.7 Å². The molecule has 0 amide bonds. The van der Waals surface area contributed by atoms with Crippen LogP contribution in [0.3, 0.4) is 0 Å². The molecule has 102 valence electrons. The monoisotopic (exact) mass is 330 g/mol. The van der Waals surface area contributed by atoms with Crippen LogP contribution in [0.2, 0.25) is 0 Å². The number of hydrogen-bond donors (Lipinski definition) is 1. The molecule has 1 aromatic rings. The van der Waals surface area contributed by atoms with Gasteiger partial charge in [0.1, 0.15) is 23.8 Å². The Morgan fingerprint density at radius 2 is 2.16 bits per heavy atom. The number of aliphatic imine (C=N–C) groups is 1. The summed E-state index contributed by atoms with van der Waals surface area (Å²) in [4.78, 5) is 4.26. The molecule has 0 saturated heterocycles. The Hall–Kier alpha value is -1.01. The Labute approximate surface area is 118 Å². The lowest BCUT2D eigenvalue weighted by molar-refractivity contribution is -0.0940. The Kier molecular flexibility index (Phi) is 3.09. The van der Waals surface area contributed by atoms with Gasteiger partial charge in [-0.15, -0.1) is 0 Å². The fourth-order valence-electron chi connectivity index (χ4n) is 2.61. The van der Waals surface area contributed by atoms with Gasteiger partial charge in [-0.3, -0.25) is 4.99 Å². The van der Waals surface area contributed by atoms with Gasteiger partial charge in [0.15, 0.2) is 0 Å². The largest absolute Gasteiger partial charge is 0.385 e. The van der Waals surface area contributed by atoms with Crippen LogP contribution in [0.25, 0.3) is 0 Å². The van der Waals surface area contributed by atoms with Crippen LogP contribution in [0.5, 0.6) is 0 Å². The molecule has 0 radical (unpaired) electrons. The molecule has 3 nitrogen and oxygen atoms in total. The zero-order chi connectivity index (χ0) is 13.6. The third-order valence-electron chi connectivity index (χ3n) is 3.61. The fourth-order valence-corrected chi connectivity index (χ4v) is 2.97. The SMILES string of the molecule is NC1=NC(c2cc(Br)ccc2F)(C2CC2)C(F)OC1. The van der Waals surface area contributed by atoms with E-state index in [1.165, 1.54) is 6.07 Å². The molecule has 1 aliphatic heterocycles. The van der Waals surface area contributed by atoms with E-state index in [-0.39, 0.29) is 23.9 Å². The maximum absolute atomic E-state index is 14.4. The van der Waals surface area contributed by atoms with E-state index in [4.69, 9.17) is 10.5 Å². The molecule has 2 aliphatic rings. The van der Waals surface area contributed by atoms with E-state index < -0.39 is 17.7 Å². The maximum Gasteiger partial charge on any atom is 0.229 e. The van der Waals surface area contributed by atoms with Crippen molar-refractivity contribution in [2.75, 3.05) is 6.61 Å².